The second kappa shape index (κ2) is 8.40. The molecule has 1 aliphatic rings. The van der Waals surface area contributed by atoms with Gasteiger partial charge in [-0.1, -0.05) is 13.0 Å². The Hall–Kier alpha value is -1.72. The van der Waals surface area contributed by atoms with Crippen LogP contribution in [-0.4, -0.2) is 57.3 Å². The van der Waals surface area contributed by atoms with Crippen LogP contribution in [0.5, 0.6) is 0 Å². The van der Waals surface area contributed by atoms with Gasteiger partial charge in [-0.15, -0.1) is 0 Å². The summed E-state index contributed by atoms with van der Waals surface area (Å²) in [7, 11) is 3.97. The van der Waals surface area contributed by atoms with Gasteiger partial charge in [0.2, 0.25) is 0 Å². The van der Waals surface area contributed by atoms with Crippen LogP contribution in [0, 0.1) is 5.41 Å². The molecule has 1 fully saturated rings. The van der Waals surface area contributed by atoms with Gasteiger partial charge in [-0.3, -0.25) is 4.79 Å². The van der Waals surface area contributed by atoms with Crippen molar-refractivity contribution >= 4 is 12.1 Å². The summed E-state index contributed by atoms with van der Waals surface area (Å²) in [6.07, 6.45) is 4.62. The Morgan fingerprint density at radius 2 is 2.08 bits per heavy atom. The molecule has 1 aromatic carbocycles. The van der Waals surface area contributed by atoms with Crippen LogP contribution in [-0.2, 0) is 5.41 Å². The Labute approximate surface area is 145 Å². The van der Waals surface area contributed by atoms with Crippen LogP contribution in [0.4, 0.5) is 0 Å². The first-order chi connectivity index (χ1) is 11.5. The number of nitrogens with one attached hydrogen (secondary N) is 3. The number of rotatable bonds is 7. The number of piperidine rings is 1. The third-order valence-corrected chi connectivity index (χ3v) is 5.12. The Balaban J connectivity index is 2.21. The summed E-state index contributed by atoms with van der Waals surface area (Å²) in [5.74, 6) is -0.0673. The summed E-state index contributed by atoms with van der Waals surface area (Å²) in [4.78, 5) is 14.4. The number of benzene rings is 1. The monoisotopic (exact) mass is 330 g/mol. The summed E-state index contributed by atoms with van der Waals surface area (Å²) in [6.45, 7) is 5.68. The third kappa shape index (κ3) is 4.22. The van der Waals surface area contributed by atoms with E-state index >= 15 is 0 Å². The lowest BCUT2D eigenvalue weighted by Crippen LogP contribution is -2.40. The van der Waals surface area contributed by atoms with Gasteiger partial charge in [0.15, 0.2) is 0 Å². The van der Waals surface area contributed by atoms with Gasteiger partial charge in [0.25, 0.3) is 5.91 Å². The smallest absolute Gasteiger partial charge is 0.251 e. The minimum Gasteiger partial charge on any atom is -0.351 e. The van der Waals surface area contributed by atoms with Crippen molar-refractivity contribution in [3.8, 4) is 0 Å². The van der Waals surface area contributed by atoms with Gasteiger partial charge in [-0.2, -0.15) is 0 Å². The van der Waals surface area contributed by atoms with E-state index in [9.17, 15) is 4.79 Å². The highest BCUT2D eigenvalue weighted by molar-refractivity contribution is 5.96. The summed E-state index contributed by atoms with van der Waals surface area (Å²) in [6, 6.07) is 5.84. The molecule has 2 rings (SSSR count). The largest absolute Gasteiger partial charge is 0.351 e. The number of nitrogens with zero attached hydrogens (tertiary/aromatic N) is 1. The van der Waals surface area contributed by atoms with E-state index in [4.69, 9.17) is 5.41 Å². The molecule has 0 aliphatic carbocycles. The molecule has 3 N–H and O–H groups in total. The predicted octanol–water partition coefficient (Wildman–Crippen LogP) is 2.01. The van der Waals surface area contributed by atoms with Crippen molar-refractivity contribution in [2.45, 2.75) is 31.6 Å². The highest BCUT2D eigenvalue weighted by Crippen LogP contribution is 2.38. The molecule has 0 radical (unpaired) electrons. The average molecular weight is 330 g/mol. The maximum atomic E-state index is 12.3. The normalized spacial score (nSPS) is 16.8. The zero-order chi connectivity index (χ0) is 17.6. The first kappa shape index (κ1) is 18.6. The van der Waals surface area contributed by atoms with Gasteiger partial charge < -0.3 is 20.9 Å². The van der Waals surface area contributed by atoms with Crippen LogP contribution in [0.1, 0.15) is 47.7 Å². The van der Waals surface area contributed by atoms with Gasteiger partial charge in [0, 0.05) is 24.9 Å². The molecule has 0 saturated carbocycles. The quantitative estimate of drug-likeness (QED) is 0.670. The molecule has 0 spiro atoms. The molecule has 24 heavy (non-hydrogen) atoms. The Morgan fingerprint density at radius 3 is 2.67 bits per heavy atom. The Morgan fingerprint density at radius 1 is 1.38 bits per heavy atom. The van der Waals surface area contributed by atoms with E-state index in [0.29, 0.717) is 12.1 Å². The standard InChI is InChI=1S/C19H30N4O/c1-4-19(7-9-21-10-8-19)17-6-5-15(13-16(17)14-20)18(24)22-11-12-23(2)3/h5-6,13-14,20-21H,4,7-12H2,1-3H3,(H,22,24). The summed E-state index contributed by atoms with van der Waals surface area (Å²) in [5, 5.41) is 14.2. The summed E-state index contributed by atoms with van der Waals surface area (Å²) >= 11 is 0. The topological polar surface area (TPSA) is 68.2 Å². The molecule has 0 unspecified atom stereocenters. The van der Waals surface area contributed by atoms with E-state index in [-0.39, 0.29) is 11.3 Å². The number of amides is 1. The molecule has 132 valence electrons. The van der Waals surface area contributed by atoms with E-state index in [2.05, 4.69) is 23.6 Å². The van der Waals surface area contributed by atoms with Crippen LogP contribution in [0.25, 0.3) is 0 Å². The molecular formula is C19H30N4O. The molecule has 1 aliphatic heterocycles. The lowest BCUT2D eigenvalue weighted by atomic mass is 9.69. The number of likely N-dealkylation sites (N-methyl/N-ethyl adjacent to an activating group) is 1. The van der Waals surface area contributed by atoms with Crippen molar-refractivity contribution < 1.29 is 4.79 Å². The predicted molar refractivity (Wildman–Crippen MR) is 99.3 cm³/mol. The van der Waals surface area contributed by atoms with Crippen LogP contribution >= 0.6 is 0 Å². The van der Waals surface area contributed by atoms with Crippen LogP contribution < -0.4 is 10.6 Å². The minimum atomic E-state index is -0.0673. The molecule has 0 atom stereocenters. The SMILES string of the molecule is CCC1(c2ccc(C(=O)NCCN(C)C)cc2C=N)CCNCC1. The van der Waals surface area contributed by atoms with E-state index in [1.807, 2.05) is 31.1 Å². The highest BCUT2D eigenvalue weighted by Gasteiger charge is 2.33. The van der Waals surface area contributed by atoms with Gasteiger partial charge in [0.05, 0.1) is 0 Å². The fourth-order valence-corrected chi connectivity index (χ4v) is 3.52. The van der Waals surface area contributed by atoms with Gasteiger partial charge in [0.1, 0.15) is 0 Å². The van der Waals surface area contributed by atoms with Gasteiger partial charge in [-0.05, 0) is 75.1 Å². The molecule has 1 saturated heterocycles. The maximum absolute atomic E-state index is 12.3. The van der Waals surface area contributed by atoms with Crippen LogP contribution in [0.15, 0.2) is 18.2 Å². The highest BCUT2D eigenvalue weighted by atomic mass is 16.1. The molecule has 5 heteroatoms. The van der Waals surface area contributed by atoms with E-state index < -0.39 is 0 Å². The van der Waals surface area contributed by atoms with Crippen molar-refractivity contribution in [3.63, 3.8) is 0 Å². The summed E-state index contributed by atoms with van der Waals surface area (Å²) in [5.41, 5.74) is 2.85. The molecule has 0 bridgehead atoms. The average Bonchev–Trinajstić information content (AvgIpc) is 2.61. The molecule has 0 aromatic heterocycles. The Bertz CT molecular complexity index is 577. The van der Waals surface area contributed by atoms with E-state index in [1.165, 1.54) is 11.8 Å². The molecule has 1 amide bonds. The first-order valence-electron chi connectivity index (χ1n) is 8.81. The van der Waals surface area contributed by atoms with Crippen molar-refractivity contribution in [1.82, 2.24) is 15.5 Å². The second-order valence-electron chi connectivity index (χ2n) is 6.89. The second-order valence-corrected chi connectivity index (χ2v) is 6.89. The van der Waals surface area contributed by atoms with Crippen molar-refractivity contribution in [2.75, 3.05) is 40.3 Å². The minimum absolute atomic E-state index is 0.0673. The van der Waals surface area contributed by atoms with Crippen LogP contribution in [0.2, 0.25) is 0 Å². The Kier molecular flexibility index (Phi) is 6.52. The lowest BCUT2D eigenvalue weighted by molar-refractivity contribution is 0.0951. The molecule has 5 nitrogen and oxygen atoms in total. The zero-order valence-electron chi connectivity index (χ0n) is 15.1. The van der Waals surface area contributed by atoms with Crippen molar-refractivity contribution in [1.29, 1.82) is 5.41 Å². The number of hydrogen-bond acceptors (Lipinski definition) is 4. The number of hydrogen-bond donors (Lipinski definition) is 3. The first-order valence-corrected chi connectivity index (χ1v) is 8.81. The number of carbonyl (C=O) groups excluding carboxylic acids is 1. The van der Waals surface area contributed by atoms with Crippen LogP contribution in [0.3, 0.4) is 0 Å². The summed E-state index contributed by atoms with van der Waals surface area (Å²) < 4.78 is 0. The molecule has 1 aromatic rings. The fourth-order valence-electron chi connectivity index (χ4n) is 3.52. The number of carbonyl (C=O) groups is 1. The lowest BCUT2D eigenvalue weighted by Gasteiger charge is -2.38. The maximum Gasteiger partial charge on any atom is 0.251 e. The van der Waals surface area contributed by atoms with Gasteiger partial charge >= 0.3 is 0 Å². The fraction of sp³-hybridized carbons (Fsp3) is 0.579. The van der Waals surface area contributed by atoms with E-state index in [0.717, 1.165) is 44.5 Å². The zero-order valence-corrected chi connectivity index (χ0v) is 15.1. The van der Waals surface area contributed by atoms with Crippen molar-refractivity contribution in [3.05, 3.63) is 34.9 Å². The third-order valence-electron chi connectivity index (χ3n) is 5.12. The van der Waals surface area contributed by atoms with Gasteiger partial charge in [-0.25, -0.2) is 0 Å². The van der Waals surface area contributed by atoms with E-state index in [1.54, 1.807) is 0 Å². The molecule has 1 heterocycles. The molecular weight excluding hydrogens is 300 g/mol. The van der Waals surface area contributed by atoms with Crippen molar-refractivity contribution in [2.24, 2.45) is 0 Å².